The molecule has 3 aromatic rings. The number of hydrogen-bond acceptors (Lipinski definition) is 5. The lowest BCUT2D eigenvalue weighted by Crippen LogP contribution is -2.41. The Morgan fingerprint density at radius 1 is 1.03 bits per heavy atom. The maximum atomic E-state index is 13.1. The van der Waals surface area contributed by atoms with Gasteiger partial charge in [0.05, 0.1) is 11.6 Å². The highest BCUT2D eigenvalue weighted by Gasteiger charge is 2.38. The molecule has 0 saturated carbocycles. The molecule has 1 aliphatic rings. The molecule has 0 spiro atoms. The molecular formula is C21H20F6N6O. The van der Waals surface area contributed by atoms with Gasteiger partial charge in [-0.25, -0.2) is 0 Å². The van der Waals surface area contributed by atoms with E-state index in [4.69, 9.17) is 0 Å². The number of hydrogen-bond donors (Lipinski definition) is 1. The van der Waals surface area contributed by atoms with Gasteiger partial charge >= 0.3 is 12.4 Å². The minimum Gasteiger partial charge on any atom is -0.355 e. The third-order valence-electron chi connectivity index (χ3n) is 5.76. The zero-order valence-electron chi connectivity index (χ0n) is 17.9. The third-order valence-corrected chi connectivity index (χ3v) is 5.76. The van der Waals surface area contributed by atoms with Crippen molar-refractivity contribution in [3.8, 4) is 0 Å². The Morgan fingerprint density at radius 3 is 2.38 bits per heavy atom. The van der Waals surface area contributed by atoms with E-state index in [-0.39, 0.29) is 17.5 Å². The van der Waals surface area contributed by atoms with Crippen molar-refractivity contribution >= 4 is 17.4 Å². The zero-order valence-corrected chi connectivity index (χ0v) is 17.9. The molecule has 4 rings (SSSR count). The number of alkyl halides is 6. The number of anilines is 1. The Morgan fingerprint density at radius 2 is 1.74 bits per heavy atom. The average molecular weight is 486 g/mol. The first-order chi connectivity index (χ1) is 15.9. The van der Waals surface area contributed by atoms with Crippen molar-refractivity contribution in [2.75, 3.05) is 18.0 Å². The molecule has 0 aliphatic carbocycles. The monoisotopic (exact) mass is 486 g/mol. The molecule has 0 bridgehead atoms. The number of aromatic nitrogens is 4. The predicted octanol–water partition coefficient (Wildman–Crippen LogP) is 4.26. The van der Waals surface area contributed by atoms with Crippen LogP contribution in [0.15, 0.2) is 36.4 Å². The second-order valence-corrected chi connectivity index (χ2v) is 8.10. The summed E-state index contributed by atoms with van der Waals surface area (Å²) in [6.07, 6.45) is -8.35. The van der Waals surface area contributed by atoms with Gasteiger partial charge < -0.3 is 10.2 Å². The Labute approximate surface area is 189 Å². The van der Waals surface area contributed by atoms with Gasteiger partial charge in [0.1, 0.15) is 5.82 Å². The molecule has 182 valence electrons. The van der Waals surface area contributed by atoms with E-state index in [0.717, 1.165) is 12.1 Å². The number of nitrogens with one attached hydrogen (secondary N) is 1. The maximum absolute atomic E-state index is 13.1. The standard InChI is InChI=1S/C21H20F6N6O/c1-12(14-3-2-4-15(11-14)20(22,23)24)28-18(34)13-7-9-32(10-8-13)17-6-5-16-29-30-19(21(25,26)27)33(16)31-17/h2-6,11-13H,7-10H2,1H3,(H,28,34). The van der Waals surface area contributed by atoms with E-state index in [2.05, 4.69) is 20.6 Å². The van der Waals surface area contributed by atoms with Crippen molar-refractivity contribution in [3.63, 3.8) is 0 Å². The number of carbonyl (C=O) groups excluding carboxylic acids is 1. The van der Waals surface area contributed by atoms with Gasteiger partial charge in [0.15, 0.2) is 5.65 Å². The summed E-state index contributed by atoms with van der Waals surface area (Å²) in [5, 5.41) is 13.4. The van der Waals surface area contributed by atoms with E-state index < -0.39 is 29.8 Å². The van der Waals surface area contributed by atoms with Crippen molar-refractivity contribution in [2.24, 2.45) is 5.92 Å². The Kier molecular flexibility index (Phi) is 6.13. The summed E-state index contributed by atoms with van der Waals surface area (Å²) in [6, 6.07) is 7.10. The number of piperidine rings is 1. The van der Waals surface area contributed by atoms with Crippen LogP contribution in [0.3, 0.4) is 0 Å². The molecule has 13 heteroatoms. The first-order valence-corrected chi connectivity index (χ1v) is 10.5. The highest BCUT2D eigenvalue weighted by Crippen LogP contribution is 2.31. The summed E-state index contributed by atoms with van der Waals surface area (Å²) < 4.78 is 78.8. The van der Waals surface area contributed by atoms with Crippen LogP contribution in [0.25, 0.3) is 5.65 Å². The minimum atomic E-state index is -4.70. The second kappa shape index (κ2) is 8.76. The van der Waals surface area contributed by atoms with Crippen LogP contribution in [0.1, 0.15) is 42.8 Å². The van der Waals surface area contributed by atoms with Gasteiger partial charge in [-0.2, -0.15) is 30.9 Å². The van der Waals surface area contributed by atoms with Crippen molar-refractivity contribution in [3.05, 3.63) is 53.3 Å². The largest absolute Gasteiger partial charge is 0.453 e. The van der Waals surface area contributed by atoms with Crippen LogP contribution in [-0.2, 0) is 17.1 Å². The van der Waals surface area contributed by atoms with Gasteiger partial charge in [0.25, 0.3) is 5.82 Å². The van der Waals surface area contributed by atoms with Crippen molar-refractivity contribution in [1.29, 1.82) is 0 Å². The third kappa shape index (κ3) is 4.92. The number of rotatable bonds is 4. The lowest BCUT2D eigenvalue weighted by atomic mass is 9.95. The number of benzene rings is 1. The van der Waals surface area contributed by atoms with Crippen LogP contribution < -0.4 is 10.2 Å². The van der Waals surface area contributed by atoms with Crippen molar-refractivity contribution < 1.29 is 31.1 Å². The van der Waals surface area contributed by atoms with Gasteiger partial charge in [-0.3, -0.25) is 4.79 Å². The van der Waals surface area contributed by atoms with Crippen molar-refractivity contribution in [2.45, 2.75) is 38.2 Å². The lowest BCUT2D eigenvalue weighted by molar-refractivity contribution is -0.146. The number of fused-ring (bicyclic) bond motifs is 1. The molecule has 1 unspecified atom stereocenters. The number of carbonyl (C=O) groups is 1. The maximum Gasteiger partial charge on any atom is 0.453 e. The normalized spacial score (nSPS) is 16.6. The van der Waals surface area contributed by atoms with Gasteiger partial charge in [0.2, 0.25) is 5.91 Å². The van der Waals surface area contributed by atoms with E-state index in [1.54, 1.807) is 17.9 Å². The molecule has 1 aromatic carbocycles. The fourth-order valence-corrected chi connectivity index (χ4v) is 3.89. The van der Waals surface area contributed by atoms with Crippen molar-refractivity contribution in [1.82, 2.24) is 25.1 Å². The molecule has 1 N–H and O–H groups in total. The van der Waals surface area contributed by atoms with E-state index in [9.17, 15) is 31.1 Å². The number of nitrogens with zero attached hydrogens (tertiary/aromatic N) is 5. The first-order valence-electron chi connectivity index (χ1n) is 10.5. The first kappa shape index (κ1) is 23.8. The second-order valence-electron chi connectivity index (χ2n) is 8.10. The molecule has 1 amide bonds. The summed E-state index contributed by atoms with van der Waals surface area (Å²) >= 11 is 0. The molecular weight excluding hydrogens is 466 g/mol. The fourth-order valence-electron chi connectivity index (χ4n) is 3.89. The van der Waals surface area contributed by atoms with Crippen LogP contribution in [0.2, 0.25) is 0 Å². The van der Waals surface area contributed by atoms with E-state index >= 15 is 0 Å². The molecule has 1 aliphatic heterocycles. The van der Waals surface area contributed by atoms with Crippen LogP contribution >= 0.6 is 0 Å². The average Bonchev–Trinajstić information content (AvgIpc) is 3.22. The topological polar surface area (TPSA) is 75.4 Å². The Hall–Kier alpha value is -3.38. The molecule has 1 saturated heterocycles. The molecule has 7 nitrogen and oxygen atoms in total. The SMILES string of the molecule is CC(NC(=O)C1CCN(c2ccc3nnc(C(F)(F)F)n3n2)CC1)c1cccc(C(F)(F)F)c1. The summed E-state index contributed by atoms with van der Waals surface area (Å²) in [6.45, 7) is 2.36. The summed E-state index contributed by atoms with van der Waals surface area (Å²) in [5.74, 6) is -1.59. The zero-order chi connectivity index (χ0) is 24.7. The summed E-state index contributed by atoms with van der Waals surface area (Å²) in [7, 11) is 0. The molecule has 1 fully saturated rings. The highest BCUT2D eigenvalue weighted by atomic mass is 19.4. The molecule has 34 heavy (non-hydrogen) atoms. The van der Waals surface area contributed by atoms with Crippen LogP contribution in [-0.4, -0.2) is 38.8 Å². The lowest BCUT2D eigenvalue weighted by Gasteiger charge is -2.32. The Balaban J connectivity index is 1.39. The molecule has 1 atom stereocenters. The van der Waals surface area contributed by atoms with E-state index in [1.807, 2.05) is 0 Å². The summed E-state index contributed by atoms with van der Waals surface area (Å²) in [5.41, 5.74) is -0.480. The summed E-state index contributed by atoms with van der Waals surface area (Å²) in [4.78, 5) is 14.5. The van der Waals surface area contributed by atoms with Crippen LogP contribution in [0.5, 0.6) is 0 Å². The van der Waals surface area contributed by atoms with Gasteiger partial charge in [-0.05, 0) is 49.6 Å². The van der Waals surface area contributed by atoms with Gasteiger partial charge in [0, 0.05) is 19.0 Å². The van der Waals surface area contributed by atoms with Gasteiger partial charge in [-0.1, -0.05) is 12.1 Å². The van der Waals surface area contributed by atoms with Gasteiger partial charge in [-0.15, -0.1) is 15.3 Å². The predicted molar refractivity (Wildman–Crippen MR) is 109 cm³/mol. The minimum absolute atomic E-state index is 0.0334. The molecule has 2 aromatic heterocycles. The van der Waals surface area contributed by atoms with Crippen LogP contribution in [0, 0.1) is 5.92 Å². The molecule has 0 radical (unpaired) electrons. The smallest absolute Gasteiger partial charge is 0.355 e. The quantitative estimate of drug-likeness (QED) is 0.558. The number of halogens is 6. The molecule has 3 heterocycles. The Bertz CT molecular complexity index is 1180. The fraction of sp³-hybridized carbons (Fsp3) is 0.429. The van der Waals surface area contributed by atoms with E-state index in [0.29, 0.717) is 41.8 Å². The van der Waals surface area contributed by atoms with E-state index in [1.165, 1.54) is 18.2 Å². The number of amides is 1. The van der Waals surface area contributed by atoms with Crippen LogP contribution in [0.4, 0.5) is 32.2 Å². The highest BCUT2D eigenvalue weighted by molar-refractivity contribution is 5.79.